The molecule has 4 heteroatoms. The summed E-state index contributed by atoms with van der Waals surface area (Å²) in [4.78, 5) is 19.9. The third-order valence-corrected chi connectivity index (χ3v) is 3.33. The topological polar surface area (TPSA) is 52.1 Å². The van der Waals surface area contributed by atoms with Crippen LogP contribution in [0.25, 0.3) is 11.1 Å². The zero-order chi connectivity index (χ0) is 16.2. The summed E-state index contributed by atoms with van der Waals surface area (Å²) in [5.74, 6) is 2.06. The molecule has 0 saturated carbocycles. The average molecular weight is 294 g/mol. The molecule has 0 saturated heterocycles. The van der Waals surface area contributed by atoms with Crippen LogP contribution in [0.3, 0.4) is 0 Å². The van der Waals surface area contributed by atoms with E-state index in [0.717, 1.165) is 0 Å². The summed E-state index contributed by atoms with van der Waals surface area (Å²) in [5.41, 5.74) is 2.81. The molecule has 4 nitrogen and oxygen atoms in total. The van der Waals surface area contributed by atoms with Crippen LogP contribution in [-0.4, -0.2) is 22.5 Å². The summed E-state index contributed by atoms with van der Waals surface area (Å²) >= 11 is 0. The number of esters is 1. The second kappa shape index (κ2) is 6.40. The molecule has 0 N–H and O–H groups in total. The van der Waals surface area contributed by atoms with E-state index in [9.17, 15) is 4.79 Å². The molecule has 0 aliphatic heterocycles. The number of aromatic nitrogens is 2. The predicted octanol–water partition coefficient (Wildman–Crippen LogP) is 2.97. The lowest BCUT2D eigenvalue weighted by Gasteiger charge is -2.22. The van der Waals surface area contributed by atoms with Gasteiger partial charge in [-0.25, -0.2) is 4.98 Å². The number of carbonyl (C=O) groups is 1. The predicted molar refractivity (Wildman–Crippen MR) is 85.1 cm³/mol. The van der Waals surface area contributed by atoms with Gasteiger partial charge in [-0.2, -0.15) is 0 Å². The van der Waals surface area contributed by atoms with E-state index in [1.54, 1.807) is 20.8 Å². The smallest absolute Gasteiger partial charge is 0.317 e. The Balaban J connectivity index is 0.000000238. The number of rotatable bonds is 3. The fourth-order valence-electron chi connectivity index (χ4n) is 1.98. The molecule has 1 heterocycles. The minimum Gasteiger partial charge on any atom is -0.465 e. The first-order valence-corrected chi connectivity index (χ1v) is 7.06. The molecule has 0 atom stereocenters. The largest absolute Gasteiger partial charge is 0.465 e. The van der Waals surface area contributed by atoms with Crippen LogP contribution >= 0.6 is 0 Å². The Hall–Kier alpha value is -2.67. The lowest BCUT2D eigenvalue weighted by atomic mass is 9.87. The third kappa shape index (κ3) is 3.32. The van der Waals surface area contributed by atoms with Crippen molar-refractivity contribution >= 4 is 5.97 Å². The van der Waals surface area contributed by atoms with E-state index in [4.69, 9.17) is 11.2 Å². The van der Waals surface area contributed by atoms with E-state index in [0.29, 0.717) is 18.0 Å². The summed E-state index contributed by atoms with van der Waals surface area (Å²) in [5, 5.41) is 0. The molecule has 112 valence electrons. The van der Waals surface area contributed by atoms with Crippen LogP contribution in [-0.2, 0) is 14.9 Å². The normalized spacial score (nSPS) is 10.8. The van der Waals surface area contributed by atoms with E-state index in [2.05, 4.69) is 40.2 Å². The van der Waals surface area contributed by atoms with Crippen molar-refractivity contribution in [3.8, 4) is 23.5 Å². The van der Waals surface area contributed by atoms with E-state index in [-0.39, 0.29) is 5.97 Å². The van der Waals surface area contributed by atoms with Crippen LogP contribution in [0.15, 0.2) is 36.7 Å². The van der Waals surface area contributed by atoms with Crippen molar-refractivity contribution in [2.24, 2.45) is 0 Å². The van der Waals surface area contributed by atoms with E-state index in [1.165, 1.54) is 23.5 Å². The van der Waals surface area contributed by atoms with Crippen LogP contribution in [0.5, 0.6) is 0 Å². The summed E-state index contributed by atoms with van der Waals surface area (Å²) in [6.07, 6.45) is 8.33. The first kappa shape index (κ1) is 15.7. The zero-order valence-corrected chi connectivity index (χ0v) is 13.0. The molecule has 2 aliphatic rings. The number of fused-ring (bicyclic) bond motifs is 1. The highest BCUT2D eigenvalue weighted by molar-refractivity contribution is 5.82. The number of carbonyl (C=O) groups excluding carboxylic acids is 1. The monoisotopic (exact) mass is 294 g/mol. The number of ether oxygens (including phenoxy) is 1. The Bertz CT molecular complexity index is 713. The number of nitrogens with zero attached hydrogens (tertiary/aromatic N) is 2. The fraction of sp³-hybridized carbons (Fsp3) is 0.278. The standard InChI is InChI=1S/C12H14N2O2.C6H4/c1-5-9-10(14-8-7-13-9)12(3,4)11(15)16-6-2;1-2-5-4-6(5)3-1/h1,7-8H,6H2,2-4H3;1-4H. The molecule has 3 rings (SSSR count). The maximum absolute atomic E-state index is 11.8. The lowest BCUT2D eigenvalue weighted by molar-refractivity contribution is -0.149. The van der Waals surface area contributed by atoms with Crippen molar-refractivity contribution in [2.75, 3.05) is 6.61 Å². The molecule has 22 heavy (non-hydrogen) atoms. The molecule has 2 aliphatic carbocycles. The quantitative estimate of drug-likeness (QED) is 0.550. The molecule has 1 aromatic rings. The van der Waals surface area contributed by atoms with Crippen molar-refractivity contribution in [1.82, 2.24) is 9.97 Å². The molecule has 0 radical (unpaired) electrons. The maximum Gasteiger partial charge on any atom is 0.317 e. The Morgan fingerprint density at radius 1 is 1.27 bits per heavy atom. The molecular formula is C18H18N2O2. The first-order valence-electron chi connectivity index (χ1n) is 7.06. The number of hydrogen-bond donors (Lipinski definition) is 0. The lowest BCUT2D eigenvalue weighted by Crippen LogP contribution is -2.33. The number of terminal acetylenes is 1. The third-order valence-electron chi connectivity index (χ3n) is 3.33. The second-order valence-electron chi connectivity index (χ2n) is 5.32. The molecule has 1 aromatic heterocycles. The molecular weight excluding hydrogens is 276 g/mol. The van der Waals surface area contributed by atoms with Crippen LogP contribution in [0.2, 0.25) is 0 Å². The van der Waals surface area contributed by atoms with Crippen LogP contribution in [0.1, 0.15) is 32.2 Å². The maximum atomic E-state index is 11.8. The summed E-state index contributed by atoms with van der Waals surface area (Å²) in [7, 11) is 0. The van der Waals surface area contributed by atoms with Gasteiger partial charge in [0.05, 0.1) is 12.3 Å². The van der Waals surface area contributed by atoms with Crippen LogP contribution < -0.4 is 0 Å². The van der Waals surface area contributed by atoms with Crippen molar-refractivity contribution in [2.45, 2.75) is 26.2 Å². The van der Waals surface area contributed by atoms with Gasteiger partial charge in [-0.1, -0.05) is 18.2 Å². The van der Waals surface area contributed by atoms with Crippen molar-refractivity contribution in [3.63, 3.8) is 0 Å². The summed E-state index contributed by atoms with van der Waals surface area (Å²) in [6.45, 7) is 5.52. The molecule has 0 aromatic carbocycles. The van der Waals surface area contributed by atoms with Gasteiger partial charge in [0, 0.05) is 12.4 Å². The van der Waals surface area contributed by atoms with E-state index >= 15 is 0 Å². The highest BCUT2D eigenvalue weighted by Gasteiger charge is 2.35. The SMILES string of the molecule is C#Cc1nccnc1C(C)(C)C(=O)OCC.c1cc2cc-2c1. The Morgan fingerprint density at radius 2 is 1.91 bits per heavy atom. The summed E-state index contributed by atoms with van der Waals surface area (Å²) in [6, 6.07) is 8.48. The zero-order valence-electron chi connectivity index (χ0n) is 13.0. The highest BCUT2D eigenvalue weighted by atomic mass is 16.5. The van der Waals surface area contributed by atoms with Crippen LogP contribution in [0.4, 0.5) is 0 Å². The molecule has 0 bridgehead atoms. The van der Waals surface area contributed by atoms with Gasteiger partial charge in [0.15, 0.2) is 0 Å². The molecule has 0 spiro atoms. The van der Waals surface area contributed by atoms with E-state index in [1.807, 2.05) is 0 Å². The fourth-order valence-corrected chi connectivity index (χ4v) is 1.98. The van der Waals surface area contributed by atoms with Gasteiger partial charge in [-0.05, 0) is 43.9 Å². The van der Waals surface area contributed by atoms with Gasteiger partial charge in [-0.15, -0.1) is 6.42 Å². The van der Waals surface area contributed by atoms with Gasteiger partial charge in [0.25, 0.3) is 0 Å². The van der Waals surface area contributed by atoms with Crippen molar-refractivity contribution in [3.05, 3.63) is 48.0 Å². The number of benzene rings is 1. The van der Waals surface area contributed by atoms with Gasteiger partial charge >= 0.3 is 5.97 Å². The Morgan fingerprint density at radius 3 is 2.36 bits per heavy atom. The molecule has 0 unspecified atom stereocenters. The minimum absolute atomic E-state index is 0.327. The van der Waals surface area contributed by atoms with Crippen molar-refractivity contribution < 1.29 is 9.53 Å². The van der Waals surface area contributed by atoms with Gasteiger partial charge < -0.3 is 4.74 Å². The Kier molecular flexibility index (Phi) is 4.57. The molecule has 0 fully saturated rings. The van der Waals surface area contributed by atoms with Crippen LogP contribution in [0, 0.1) is 12.3 Å². The average Bonchev–Trinajstić information content (AvgIpc) is 3.13. The van der Waals surface area contributed by atoms with Gasteiger partial charge in [-0.3, -0.25) is 9.78 Å². The Labute approximate surface area is 130 Å². The van der Waals surface area contributed by atoms with E-state index < -0.39 is 5.41 Å². The van der Waals surface area contributed by atoms with Crippen molar-refractivity contribution in [1.29, 1.82) is 0 Å². The van der Waals surface area contributed by atoms with Gasteiger partial charge in [0.1, 0.15) is 11.1 Å². The first-order chi connectivity index (χ1) is 10.5. The molecule has 0 amide bonds. The van der Waals surface area contributed by atoms with Gasteiger partial charge in [0.2, 0.25) is 0 Å². The number of hydrogen-bond acceptors (Lipinski definition) is 4. The summed E-state index contributed by atoms with van der Waals surface area (Å²) < 4.78 is 4.99. The second-order valence-corrected chi connectivity index (χ2v) is 5.32. The highest BCUT2D eigenvalue weighted by Crippen LogP contribution is 2.32. The minimum atomic E-state index is -0.883.